The van der Waals surface area contributed by atoms with Crippen molar-refractivity contribution in [3.63, 3.8) is 0 Å². The molecule has 0 bridgehead atoms. The highest BCUT2D eigenvalue weighted by atomic mass is 16.6. The van der Waals surface area contributed by atoms with Gasteiger partial charge in [-0.1, -0.05) is 296 Å². The van der Waals surface area contributed by atoms with Crippen molar-refractivity contribution in [2.24, 2.45) is 0 Å². The Morgan fingerprint density at radius 3 is 0.735 bits per heavy atom. The van der Waals surface area contributed by atoms with Gasteiger partial charge < -0.3 is 14.2 Å². The summed E-state index contributed by atoms with van der Waals surface area (Å²) in [7, 11) is 0. The molecule has 0 amide bonds. The van der Waals surface area contributed by atoms with Crippen molar-refractivity contribution in [3.8, 4) is 0 Å². The van der Waals surface area contributed by atoms with Gasteiger partial charge in [0, 0.05) is 19.3 Å². The van der Waals surface area contributed by atoms with Crippen LogP contribution in [-0.4, -0.2) is 37.2 Å². The third-order valence-corrected chi connectivity index (χ3v) is 14.6. The molecule has 0 saturated carbocycles. The first-order chi connectivity index (χ1) is 41.0. The van der Waals surface area contributed by atoms with E-state index in [9.17, 15) is 14.4 Å². The van der Waals surface area contributed by atoms with Crippen molar-refractivity contribution >= 4 is 17.9 Å². The molecule has 0 rings (SSSR count). The van der Waals surface area contributed by atoms with E-state index >= 15 is 0 Å². The lowest BCUT2D eigenvalue weighted by Crippen LogP contribution is -2.30. The zero-order valence-electron chi connectivity index (χ0n) is 54.2. The number of esters is 3. The van der Waals surface area contributed by atoms with Crippen LogP contribution < -0.4 is 0 Å². The first-order valence-electron chi connectivity index (χ1n) is 34.7. The topological polar surface area (TPSA) is 78.9 Å². The molecule has 0 saturated heterocycles. The highest BCUT2D eigenvalue weighted by Crippen LogP contribution is 2.16. The Morgan fingerprint density at radius 1 is 0.253 bits per heavy atom. The lowest BCUT2D eigenvalue weighted by Gasteiger charge is -2.18. The molecule has 0 aromatic carbocycles. The molecule has 472 valence electrons. The molecule has 0 aromatic rings. The summed E-state index contributed by atoms with van der Waals surface area (Å²) < 4.78 is 17.0. The van der Waals surface area contributed by atoms with Crippen molar-refractivity contribution in [2.75, 3.05) is 13.2 Å². The third-order valence-electron chi connectivity index (χ3n) is 14.6. The number of hydrogen-bond donors (Lipinski definition) is 0. The Kier molecular flexibility index (Phi) is 66.3. The van der Waals surface area contributed by atoms with Crippen LogP contribution in [0.5, 0.6) is 0 Å². The molecule has 6 nitrogen and oxygen atoms in total. The SMILES string of the molecule is CC/C=C\C/C=C\C/C=C\C/C=C\CCCCCCCCCCCCCCC(=O)OCC(COC(=O)CCCCCCCC/C=C\C/C=C\C/C=C\C/C=C\CC)OC(=O)CCCCCCCC/C=C\C/C=C\C/C=C\CCCCCCC. The summed E-state index contributed by atoms with van der Waals surface area (Å²) in [5.74, 6) is -0.913. The summed E-state index contributed by atoms with van der Waals surface area (Å²) in [6, 6.07) is 0. The Morgan fingerprint density at radius 2 is 0.470 bits per heavy atom. The van der Waals surface area contributed by atoms with E-state index in [1.54, 1.807) is 0 Å². The molecule has 0 aliphatic carbocycles. The molecule has 0 aliphatic rings. The molecule has 0 spiro atoms. The zero-order chi connectivity index (χ0) is 59.9. The normalized spacial score (nSPS) is 13.0. The summed E-state index contributed by atoms with van der Waals surface area (Å²) in [5.41, 5.74) is 0. The smallest absolute Gasteiger partial charge is 0.306 e. The van der Waals surface area contributed by atoms with Crippen molar-refractivity contribution in [1.82, 2.24) is 0 Å². The molecule has 1 unspecified atom stereocenters. The molecule has 0 radical (unpaired) electrons. The number of carbonyl (C=O) groups excluding carboxylic acids is 3. The molecule has 0 aliphatic heterocycles. The van der Waals surface area contributed by atoms with Crippen LogP contribution in [0.3, 0.4) is 0 Å². The highest BCUT2D eigenvalue weighted by Gasteiger charge is 2.19. The van der Waals surface area contributed by atoms with Gasteiger partial charge in [-0.05, 0) is 135 Å². The Bertz CT molecular complexity index is 1750. The van der Waals surface area contributed by atoms with Crippen molar-refractivity contribution in [3.05, 3.63) is 134 Å². The van der Waals surface area contributed by atoms with Gasteiger partial charge in [0.2, 0.25) is 0 Å². The number of unbranched alkanes of at least 4 members (excludes halogenated alkanes) is 29. The van der Waals surface area contributed by atoms with E-state index in [0.29, 0.717) is 19.3 Å². The minimum atomic E-state index is -0.799. The number of allylic oxidation sites excluding steroid dienone is 22. The number of carbonyl (C=O) groups is 3. The maximum atomic E-state index is 13.0. The highest BCUT2D eigenvalue weighted by molar-refractivity contribution is 5.71. The number of rotatable bonds is 62. The summed E-state index contributed by atoms with van der Waals surface area (Å²) in [6.07, 6.45) is 98.9. The van der Waals surface area contributed by atoms with Crippen LogP contribution in [0.2, 0.25) is 0 Å². The molecule has 83 heavy (non-hydrogen) atoms. The van der Waals surface area contributed by atoms with Crippen LogP contribution >= 0.6 is 0 Å². The van der Waals surface area contributed by atoms with Crippen LogP contribution in [0.4, 0.5) is 0 Å². The largest absolute Gasteiger partial charge is 0.462 e. The summed E-state index contributed by atoms with van der Waals surface area (Å²) in [5, 5.41) is 0. The molecular weight excluding hydrogens is 1020 g/mol. The van der Waals surface area contributed by atoms with E-state index in [0.717, 1.165) is 148 Å². The average Bonchev–Trinajstić information content (AvgIpc) is 3.50. The monoisotopic (exact) mass is 1150 g/mol. The van der Waals surface area contributed by atoms with Crippen LogP contribution in [0, 0.1) is 0 Å². The van der Waals surface area contributed by atoms with Crippen molar-refractivity contribution in [1.29, 1.82) is 0 Å². The molecule has 6 heteroatoms. The summed E-state index contributed by atoms with van der Waals surface area (Å²) >= 11 is 0. The quantitative estimate of drug-likeness (QED) is 0.0261. The second-order valence-electron chi connectivity index (χ2n) is 22.7. The second kappa shape index (κ2) is 70.0. The fourth-order valence-electron chi connectivity index (χ4n) is 9.49. The van der Waals surface area contributed by atoms with E-state index in [1.807, 2.05) is 0 Å². The number of ether oxygens (including phenoxy) is 3. The van der Waals surface area contributed by atoms with E-state index in [-0.39, 0.29) is 31.1 Å². The maximum Gasteiger partial charge on any atom is 0.306 e. The predicted octanol–water partition coefficient (Wildman–Crippen LogP) is 24.1. The molecule has 0 aromatic heterocycles. The van der Waals surface area contributed by atoms with Crippen LogP contribution in [0.15, 0.2) is 134 Å². The summed E-state index contributed by atoms with van der Waals surface area (Å²) in [6.45, 7) is 6.40. The maximum absolute atomic E-state index is 13.0. The minimum Gasteiger partial charge on any atom is -0.462 e. The lowest BCUT2D eigenvalue weighted by atomic mass is 10.0. The van der Waals surface area contributed by atoms with Crippen molar-refractivity contribution < 1.29 is 28.6 Å². The van der Waals surface area contributed by atoms with Gasteiger partial charge in [-0.15, -0.1) is 0 Å². The van der Waals surface area contributed by atoms with Gasteiger partial charge >= 0.3 is 17.9 Å². The van der Waals surface area contributed by atoms with E-state index in [4.69, 9.17) is 14.2 Å². The Hall–Kier alpha value is -4.45. The molecular formula is C77H128O6. The minimum absolute atomic E-state index is 0.0918. The standard InChI is InChI=1S/C77H128O6/c1-4-7-10-13-16-19-22-25-28-31-34-36-37-38-39-41-43-46-49-52-55-58-61-64-67-70-76(79)82-73-74(72-81-75(78)69-66-63-60-57-54-51-48-45-42-33-30-27-24-21-18-15-12-9-6-3)83-77(80)71-68-65-62-59-56-53-50-47-44-40-35-32-29-26-23-20-17-14-11-8-5-2/h7,9-10,12,16,18-19,21,23,25-28,30,32,34-36,42,44-45,47,74H,4-6,8,11,13-15,17,20,22,24,29,31,33,37-41,43,46,48-73H2,1-3H3/b10-7-,12-9-,19-16-,21-18-,26-23-,28-25-,30-27-,35-32-,36-34-,45-42-,47-44-. The molecule has 1 atom stereocenters. The van der Waals surface area contributed by atoms with Crippen LogP contribution in [0.25, 0.3) is 0 Å². The van der Waals surface area contributed by atoms with Gasteiger partial charge in [-0.2, -0.15) is 0 Å². The van der Waals surface area contributed by atoms with Crippen LogP contribution in [-0.2, 0) is 28.6 Å². The van der Waals surface area contributed by atoms with E-state index < -0.39 is 6.10 Å². The van der Waals surface area contributed by atoms with Crippen LogP contribution in [0.1, 0.15) is 316 Å². The average molecular weight is 1150 g/mol. The lowest BCUT2D eigenvalue weighted by molar-refractivity contribution is -0.167. The summed E-state index contributed by atoms with van der Waals surface area (Å²) in [4.78, 5) is 38.5. The Labute approximate surface area is 513 Å². The third kappa shape index (κ3) is 68.2. The fraction of sp³-hybridized carbons (Fsp3) is 0.675. The van der Waals surface area contributed by atoms with E-state index in [1.165, 1.54) is 128 Å². The fourth-order valence-corrected chi connectivity index (χ4v) is 9.49. The zero-order valence-corrected chi connectivity index (χ0v) is 54.2. The van der Waals surface area contributed by atoms with Gasteiger partial charge in [-0.3, -0.25) is 14.4 Å². The predicted molar refractivity (Wildman–Crippen MR) is 362 cm³/mol. The first-order valence-corrected chi connectivity index (χ1v) is 34.7. The van der Waals surface area contributed by atoms with Gasteiger partial charge in [-0.25, -0.2) is 0 Å². The molecule has 0 heterocycles. The number of hydrogen-bond acceptors (Lipinski definition) is 6. The van der Waals surface area contributed by atoms with Gasteiger partial charge in [0.1, 0.15) is 13.2 Å². The van der Waals surface area contributed by atoms with Crippen molar-refractivity contribution in [2.45, 2.75) is 322 Å². The molecule has 0 fully saturated rings. The van der Waals surface area contributed by atoms with Gasteiger partial charge in [0.25, 0.3) is 0 Å². The Balaban J connectivity index is 4.43. The first kappa shape index (κ1) is 78.5. The van der Waals surface area contributed by atoms with Gasteiger partial charge in [0.05, 0.1) is 0 Å². The van der Waals surface area contributed by atoms with E-state index in [2.05, 4.69) is 154 Å². The second-order valence-corrected chi connectivity index (χ2v) is 22.7. The van der Waals surface area contributed by atoms with Gasteiger partial charge in [0.15, 0.2) is 6.10 Å². The molecule has 0 N–H and O–H groups in total.